The van der Waals surface area contributed by atoms with Gasteiger partial charge in [0, 0.05) is 0 Å². The summed E-state index contributed by atoms with van der Waals surface area (Å²) in [7, 11) is 0. The first-order valence-electron chi connectivity index (χ1n) is 9.27. The summed E-state index contributed by atoms with van der Waals surface area (Å²) >= 11 is 0. The molecule has 150 valence electrons. The van der Waals surface area contributed by atoms with Gasteiger partial charge in [-0.1, -0.05) is 54.6 Å². The van der Waals surface area contributed by atoms with E-state index in [2.05, 4.69) is 23.5 Å². The largest absolute Gasteiger partial charge is 0.489 e. The summed E-state index contributed by atoms with van der Waals surface area (Å²) in [6.07, 6.45) is 1.50. The van der Waals surface area contributed by atoms with Crippen molar-refractivity contribution in [3.05, 3.63) is 83.6 Å². The van der Waals surface area contributed by atoms with Crippen LogP contribution in [-0.4, -0.2) is 34.5 Å². The number of carboxylic acid groups (broad SMARTS) is 1. The van der Waals surface area contributed by atoms with Crippen LogP contribution in [0.15, 0.2) is 72.4 Å². The Morgan fingerprint density at radius 2 is 1.73 bits per heavy atom. The van der Waals surface area contributed by atoms with E-state index in [1.165, 1.54) is 6.08 Å². The number of rotatable bonds is 6. The SMILES string of the molecule is O=C(O)CN1C(=O)N/C(=C/c2ccc(OCc3cccc4ccccc34)cc2)C1=O. The molecule has 3 amide bonds. The van der Waals surface area contributed by atoms with Gasteiger partial charge in [-0.25, -0.2) is 9.69 Å². The molecular formula is C23H18N2O5. The average molecular weight is 402 g/mol. The monoisotopic (exact) mass is 402 g/mol. The van der Waals surface area contributed by atoms with Gasteiger partial charge in [-0.05, 0) is 40.1 Å². The molecule has 7 nitrogen and oxygen atoms in total. The van der Waals surface area contributed by atoms with Gasteiger partial charge in [-0.2, -0.15) is 0 Å². The lowest BCUT2D eigenvalue weighted by Gasteiger charge is -2.09. The first-order chi connectivity index (χ1) is 14.5. The van der Waals surface area contributed by atoms with Crippen LogP contribution in [0.1, 0.15) is 11.1 Å². The first-order valence-corrected chi connectivity index (χ1v) is 9.27. The van der Waals surface area contributed by atoms with Crippen LogP contribution in [0.4, 0.5) is 4.79 Å². The Hall–Kier alpha value is -4.13. The van der Waals surface area contributed by atoms with Crippen LogP contribution in [-0.2, 0) is 16.2 Å². The zero-order valence-corrected chi connectivity index (χ0v) is 15.9. The van der Waals surface area contributed by atoms with Crippen molar-refractivity contribution >= 4 is 34.8 Å². The van der Waals surface area contributed by atoms with Crippen LogP contribution < -0.4 is 10.1 Å². The summed E-state index contributed by atoms with van der Waals surface area (Å²) in [5.41, 5.74) is 1.79. The van der Waals surface area contributed by atoms with Crippen LogP contribution in [0, 0.1) is 0 Å². The quantitative estimate of drug-likeness (QED) is 0.487. The van der Waals surface area contributed by atoms with Gasteiger partial charge in [-0.15, -0.1) is 0 Å². The summed E-state index contributed by atoms with van der Waals surface area (Å²) < 4.78 is 5.89. The molecule has 1 heterocycles. The topological polar surface area (TPSA) is 95.9 Å². The molecule has 0 radical (unpaired) electrons. The second-order valence-electron chi connectivity index (χ2n) is 6.77. The fourth-order valence-electron chi connectivity index (χ4n) is 3.26. The molecule has 1 aliphatic rings. The van der Waals surface area contributed by atoms with Crippen molar-refractivity contribution in [1.82, 2.24) is 10.2 Å². The van der Waals surface area contributed by atoms with Gasteiger partial charge in [0.2, 0.25) is 0 Å². The number of nitrogens with one attached hydrogen (secondary N) is 1. The molecule has 3 aromatic rings. The predicted molar refractivity (Wildman–Crippen MR) is 111 cm³/mol. The molecule has 0 aromatic heterocycles. The third-order valence-corrected chi connectivity index (χ3v) is 4.72. The van der Waals surface area contributed by atoms with Crippen molar-refractivity contribution in [3.63, 3.8) is 0 Å². The molecule has 0 unspecified atom stereocenters. The number of amides is 3. The number of imide groups is 1. The van der Waals surface area contributed by atoms with E-state index >= 15 is 0 Å². The van der Waals surface area contributed by atoms with Crippen molar-refractivity contribution in [2.45, 2.75) is 6.61 Å². The highest BCUT2D eigenvalue weighted by molar-refractivity contribution is 6.15. The minimum atomic E-state index is -1.26. The first kappa shape index (κ1) is 19.2. The molecule has 1 fully saturated rings. The number of nitrogens with zero attached hydrogens (tertiary/aromatic N) is 1. The standard InChI is InChI=1S/C23H18N2O5/c26-21(27)13-25-22(28)20(24-23(25)29)12-15-8-10-18(11-9-15)30-14-17-6-3-5-16-4-1-2-7-19(16)17/h1-12H,13-14H2,(H,24,29)(H,26,27)/b20-12+. The number of hydrogen-bond donors (Lipinski definition) is 2. The highest BCUT2D eigenvalue weighted by atomic mass is 16.5. The third kappa shape index (κ3) is 4.00. The maximum atomic E-state index is 12.2. The molecule has 30 heavy (non-hydrogen) atoms. The molecule has 2 N–H and O–H groups in total. The molecule has 0 aliphatic carbocycles. The van der Waals surface area contributed by atoms with Gasteiger partial charge < -0.3 is 15.2 Å². The van der Waals surface area contributed by atoms with E-state index in [-0.39, 0.29) is 5.70 Å². The summed E-state index contributed by atoms with van der Waals surface area (Å²) in [6.45, 7) is -0.260. The number of urea groups is 1. The van der Waals surface area contributed by atoms with E-state index in [1.807, 2.05) is 24.3 Å². The molecule has 1 saturated heterocycles. The van der Waals surface area contributed by atoms with Crippen LogP contribution in [0.2, 0.25) is 0 Å². The number of benzene rings is 3. The molecule has 1 aliphatic heterocycles. The van der Waals surface area contributed by atoms with Crippen molar-refractivity contribution in [2.24, 2.45) is 0 Å². The van der Waals surface area contributed by atoms with Crippen LogP contribution in [0.5, 0.6) is 5.75 Å². The van der Waals surface area contributed by atoms with Crippen molar-refractivity contribution in [1.29, 1.82) is 0 Å². The Bertz CT molecular complexity index is 1160. The summed E-state index contributed by atoms with van der Waals surface area (Å²) in [4.78, 5) is 35.4. The Balaban J connectivity index is 1.44. The van der Waals surface area contributed by atoms with E-state index in [1.54, 1.807) is 24.3 Å². The summed E-state index contributed by atoms with van der Waals surface area (Å²) in [5.74, 6) is -1.26. The summed E-state index contributed by atoms with van der Waals surface area (Å²) in [5, 5.41) is 13.5. The second-order valence-corrected chi connectivity index (χ2v) is 6.77. The Labute approximate surface area is 172 Å². The van der Waals surface area contributed by atoms with Crippen LogP contribution >= 0.6 is 0 Å². The minimum absolute atomic E-state index is 0.0330. The highest BCUT2D eigenvalue weighted by Crippen LogP contribution is 2.22. The lowest BCUT2D eigenvalue weighted by molar-refractivity contribution is -0.140. The fraction of sp³-hybridized carbons (Fsp3) is 0.0870. The smallest absolute Gasteiger partial charge is 0.329 e. The molecule has 0 spiro atoms. The number of hydrogen-bond acceptors (Lipinski definition) is 4. The maximum absolute atomic E-state index is 12.2. The van der Waals surface area contributed by atoms with Gasteiger partial charge in [0.05, 0.1) is 0 Å². The molecule has 0 atom stereocenters. The van der Waals surface area contributed by atoms with Crippen LogP contribution in [0.25, 0.3) is 16.8 Å². The number of carbonyl (C=O) groups is 3. The van der Waals surface area contributed by atoms with E-state index in [4.69, 9.17) is 9.84 Å². The van der Waals surface area contributed by atoms with E-state index in [9.17, 15) is 14.4 Å². The molecule has 7 heteroatoms. The van der Waals surface area contributed by atoms with Gasteiger partial charge in [0.15, 0.2) is 0 Å². The number of carboxylic acids is 1. The van der Waals surface area contributed by atoms with Gasteiger partial charge in [0.25, 0.3) is 5.91 Å². The van der Waals surface area contributed by atoms with Crippen molar-refractivity contribution < 1.29 is 24.2 Å². The predicted octanol–water partition coefficient (Wildman–Crippen LogP) is 3.40. The lowest BCUT2D eigenvalue weighted by Crippen LogP contribution is -2.35. The van der Waals surface area contributed by atoms with Crippen LogP contribution in [0.3, 0.4) is 0 Å². The number of aliphatic carboxylic acids is 1. The Kier molecular flexibility index (Phi) is 5.17. The Morgan fingerprint density at radius 1 is 1.00 bits per heavy atom. The third-order valence-electron chi connectivity index (χ3n) is 4.72. The normalized spacial score (nSPS) is 14.9. The number of fused-ring (bicyclic) bond motifs is 1. The molecule has 3 aromatic carbocycles. The lowest BCUT2D eigenvalue weighted by atomic mass is 10.1. The minimum Gasteiger partial charge on any atom is -0.489 e. The van der Waals surface area contributed by atoms with E-state index < -0.39 is 24.5 Å². The summed E-state index contributed by atoms with van der Waals surface area (Å²) in [6, 6.07) is 20.5. The fourth-order valence-corrected chi connectivity index (χ4v) is 3.26. The number of carbonyl (C=O) groups excluding carboxylic acids is 2. The Morgan fingerprint density at radius 3 is 2.50 bits per heavy atom. The molecule has 0 bridgehead atoms. The second kappa shape index (κ2) is 8.08. The zero-order chi connectivity index (χ0) is 21.1. The van der Waals surface area contributed by atoms with Gasteiger partial charge in [0.1, 0.15) is 24.6 Å². The molecular weight excluding hydrogens is 384 g/mol. The van der Waals surface area contributed by atoms with E-state index in [0.29, 0.717) is 22.8 Å². The van der Waals surface area contributed by atoms with Crippen molar-refractivity contribution in [2.75, 3.05) is 6.54 Å². The zero-order valence-electron chi connectivity index (χ0n) is 15.9. The number of ether oxygens (including phenoxy) is 1. The highest BCUT2D eigenvalue weighted by Gasteiger charge is 2.34. The van der Waals surface area contributed by atoms with E-state index in [0.717, 1.165) is 16.3 Å². The van der Waals surface area contributed by atoms with Gasteiger partial charge >= 0.3 is 12.0 Å². The maximum Gasteiger partial charge on any atom is 0.329 e. The molecule has 0 saturated carbocycles. The average Bonchev–Trinajstić information content (AvgIpc) is 3.00. The van der Waals surface area contributed by atoms with Gasteiger partial charge in [-0.3, -0.25) is 9.59 Å². The van der Waals surface area contributed by atoms with Crippen molar-refractivity contribution in [3.8, 4) is 5.75 Å². The molecule has 4 rings (SSSR count).